The maximum absolute atomic E-state index is 9.03. The molecule has 0 aliphatic carbocycles. The average molecular weight is 290 g/mol. The third kappa shape index (κ3) is 15.9. The van der Waals surface area contributed by atoms with Gasteiger partial charge >= 0.3 is 0 Å². The predicted molar refractivity (Wildman–Crippen MR) is 82.0 cm³/mol. The van der Waals surface area contributed by atoms with Crippen LogP contribution in [0.3, 0.4) is 0 Å². The molecule has 4 nitrogen and oxygen atoms in total. The Morgan fingerprint density at radius 2 is 1.30 bits per heavy atom. The van der Waals surface area contributed by atoms with Crippen molar-refractivity contribution in [2.75, 3.05) is 33.0 Å². The summed E-state index contributed by atoms with van der Waals surface area (Å²) in [5.41, 5.74) is 0. The van der Waals surface area contributed by atoms with E-state index in [2.05, 4.69) is 6.92 Å². The molecule has 0 fully saturated rings. The SMILES string of the molecule is CCCCCCCCCCCOCCOCC(O)CO. The molecule has 0 saturated carbocycles. The van der Waals surface area contributed by atoms with Crippen molar-refractivity contribution in [1.82, 2.24) is 0 Å². The van der Waals surface area contributed by atoms with E-state index in [1.807, 2.05) is 0 Å². The number of aliphatic hydroxyl groups excluding tert-OH is 2. The van der Waals surface area contributed by atoms with Crippen LogP contribution in [-0.2, 0) is 9.47 Å². The second-order valence-corrected chi connectivity index (χ2v) is 5.35. The highest BCUT2D eigenvalue weighted by molar-refractivity contribution is 4.49. The summed E-state index contributed by atoms with van der Waals surface area (Å²) in [6.45, 7) is 4.02. The van der Waals surface area contributed by atoms with Gasteiger partial charge in [-0.15, -0.1) is 0 Å². The highest BCUT2D eigenvalue weighted by Crippen LogP contribution is 2.09. The fourth-order valence-electron chi connectivity index (χ4n) is 2.01. The molecule has 0 aliphatic heterocycles. The van der Waals surface area contributed by atoms with Gasteiger partial charge in [-0.25, -0.2) is 0 Å². The summed E-state index contributed by atoms with van der Waals surface area (Å²) >= 11 is 0. The third-order valence-corrected chi connectivity index (χ3v) is 3.29. The number of unbranched alkanes of at least 4 members (excludes halogenated alkanes) is 8. The Morgan fingerprint density at radius 1 is 0.750 bits per heavy atom. The number of ether oxygens (including phenoxy) is 2. The maximum atomic E-state index is 9.03. The van der Waals surface area contributed by atoms with E-state index in [4.69, 9.17) is 19.7 Å². The first kappa shape index (κ1) is 19.8. The second-order valence-electron chi connectivity index (χ2n) is 5.35. The first-order valence-corrected chi connectivity index (χ1v) is 8.25. The minimum atomic E-state index is -0.771. The summed E-state index contributed by atoms with van der Waals surface area (Å²) in [4.78, 5) is 0. The molecule has 0 saturated heterocycles. The lowest BCUT2D eigenvalue weighted by Crippen LogP contribution is -2.20. The van der Waals surface area contributed by atoms with Crippen molar-refractivity contribution in [3.8, 4) is 0 Å². The van der Waals surface area contributed by atoms with Gasteiger partial charge in [-0.05, 0) is 6.42 Å². The Hall–Kier alpha value is -0.160. The minimum absolute atomic E-state index is 0.178. The van der Waals surface area contributed by atoms with Crippen LogP contribution in [0.2, 0.25) is 0 Å². The van der Waals surface area contributed by atoms with Crippen molar-refractivity contribution < 1.29 is 19.7 Å². The molecule has 122 valence electrons. The smallest absolute Gasteiger partial charge is 0.100 e. The summed E-state index contributed by atoms with van der Waals surface area (Å²) in [6.07, 6.45) is 11.1. The van der Waals surface area contributed by atoms with E-state index in [-0.39, 0.29) is 13.2 Å². The van der Waals surface area contributed by atoms with Crippen molar-refractivity contribution in [3.05, 3.63) is 0 Å². The second kappa shape index (κ2) is 16.9. The van der Waals surface area contributed by atoms with Gasteiger partial charge in [0.1, 0.15) is 6.10 Å². The van der Waals surface area contributed by atoms with E-state index in [9.17, 15) is 0 Å². The van der Waals surface area contributed by atoms with Gasteiger partial charge in [-0.3, -0.25) is 0 Å². The van der Waals surface area contributed by atoms with E-state index < -0.39 is 6.10 Å². The van der Waals surface area contributed by atoms with E-state index in [0.29, 0.717) is 13.2 Å². The Balaban J connectivity index is 2.96. The summed E-state index contributed by atoms with van der Waals surface area (Å²) in [7, 11) is 0. The molecule has 0 aromatic rings. The molecular weight excluding hydrogens is 256 g/mol. The van der Waals surface area contributed by atoms with Gasteiger partial charge in [0, 0.05) is 6.61 Å². The van der Waals surface area contributed by atoms with Gasteiger partial charge in [0.25, 0.3) is 0 Å². The van der Waals surface area contributed by atoms with E-state index in [1.165, 1.54) is 51.4 Å². The number of aliphatic hydroxyl groups is 2. The molecule has 20 heavy (non-hydrogen) atoms. The molecule has 0 aromatic carbocycles. The lowest BCUT2D eigenvalue weighted by Gasteiger charge is -2.08. The van der Waals surface area contributed by atoms with Crippen molar-refractivity contribution >= 4 is 0 Å². The molecule has 0 aromatic heterocycles. The largest absolute Gasteiger partial charge is 0.394 e. The quantitative estimate of drug-likeness (QED) is 0.429. The van der Waals surface area contributed by atoms with Crippen LogP contribution >= 0.6 is 0 Å². The van der Waals surface area contributed by atoms with Gasteiger partial charge in [-0.1, -0.05) is 58.3 Å². The van der Waals surface area contributed by atoms with Crippen molar-refractivity contribution in [2.45, 2.75) is 70.8 Å². The van der Waals surface area contributed by atoms with Crippen LogP contribution in [0.15, 0.2) is 0 Å². The van der Waals surface area contributed by atoms with Crippen LogP contribution in [0, 0.1) is 0 Å². The number of hydrogen-bond donors (Lipinski definition) is 2. The zero-order valence-corrected chi connectivity index (χ0v) is 13.2. The monoisotopic (exact) mass is 290 g/mol. The zero-order chi connectivity index (χ0) is 14.9. The van der Waals surface area contributed by atoms with Crippen LogP contribution < -0.4 is 0 Å². The molecule has 0 amide bonds. The summed E-state index contributed by atoms with van der Waals surface area (Å²) in [5, 5.41) is 17.6. The number of rotatable bonds is 16. The maximum Gasteiger partial charge on any atom is 0.100 e. The molecule has 2 N–H and O–H groups in total. The molecule has 1 atom stereocenters. The lowest BCUT2D eigenvalue weighted by atomic mass is 10.1. The summed E-state index contributed by atoms with van der Waals surface area (Å²) in [5.74, 6) is 0. The van der Waals surface area contributed by atoms with E-state index in [0.717, 1.165) is 13.0 Å². The number of hydrogen-bond acceptors (Lipinski definition) is 4. The minimum Gasteiger partial charge on any atom is -0.394 e. The molecule has 0 spiro atoms. The molecular formula is C16H34O4. The van der Waals surface area contributed by atoms with Gasteiger partial charge in [0.15, 0.2) is 0 Å². The van der Waals surface area contributed by atoms with E-state index >= 15 is 0 Å². The van der Waals surface area contributed by atoms with Crippen molar-refractivity contribution in [3.63, 3.8) is 0 Å². The van der Waals surface area contributed by atoms with Gasteiger partial charge in [-0.2, -0.15) is 0 Å². The third-order valence-electron chi connectivity index (χ3n) is 3.29. The molecule has 0 radical (unpaired) electrons. The molecule has 1 unspecified atom stereocenters. The fraction of sp³-hybridized carbons (Fsp3) is 1.00. The van der Waals surface area contributed by atoms with Crippen molar-refractivity contribution in [1.29, 1.82) is 0 Å². The molecule has 0 rings (SSSR count). The highest BCUT2D eigenvalue weighted by atomic mass is 16.5. The normalized spacial score (nSPS) is 12.8. The fourth-order valence-corrected chi connectivity index (χ4v) is 2.01. The summed E-state index contributed by atoms with van der Waals surface area (Å²) < 4.78 is 10.6. The Bertz CT molecular complexity index is 176. The first-order valence-electron chi connectivity index (χ1n) is 8.25. The van der Waals surface area contributed by atoms with Crippen LogP contribution in [0.4, 0.5) is 0 Å². The Labute approximate surface area is 124 Å². The molecule has 0 heterocycles. The van der Waals surface area contributed by atoms with Crippen LogP contribution in [-0.4, -0.2) is 49.4 Å². The van der Waals surface area contributed by atoms with Gasteiger partial charge in [0.2, 0.25) is 0 Å². The van der Waals surface area contributed by atoms with Gasteiger partial charge in [0.05, 0.1) is 26.4 Å². The van der Waals surface area contributed by atoms with Crippen LogP contribution in [0.5, 0.6) is 0 Å². The molecule has 0 bridgehead atoms. The molecule has 4 heteroatoms. The van der Waals surface area contributed by atoms with Crippen LogP contribution in [0.25, 0.3) is 0 Å². The first-order chi connectivity index (χ1) is 9.81. The summed E-state index contributed by atoms with van der Waals surface area (Å²) in [6, 6.07) is 0. The Morgan fingerprint density at radius 3 is 1.90 bits per heavy atom. The standard InChI is InChI=1S/C16H34O4/c1-2-3-4-5-6-7-8-9-10-11-19-12-13-20-15-16(18)14-17/h16-18H,2-15H2,1H3. The Kier molecular flexibility index (Phi) is 16.8. The predicted octanol–water partition coefficient (Wildman–Crippen LogP) is 2.90. The average Bonchev–Trinajstić information content (AvgIpc) is 2.47. The van der Waals surface area contributed by atoms with E-state index in [1.54, 1.807) is 0 Å². The van der Waals surface area contributed by atoms with Gasteiger partial charge < -0.3 is 19.7 Å². The molecule has 0 aliphatic rings. The van der Waals surface area contributed by atoms with Crippen molar-refractivity contribution in [2.24, 2.45) is 0 Å². The zero-order valence-electron chi connectivity index (χ0n) is 13.2. The lowest BCUT2D eigenvalue weighted by molar-refractivity contribution is -0.0150. The van der Waals surface area contributed by atoms with Crippen LogP contribution in [0.1, 0.15) is 64.7 Å². The highest BCUT2D eigenvalue weighted by Gasteiger charge is 2.00. The topological polar surface area (TPSA) is 58.9 Å².